The molecule has 2 fully saturated rings. The zero-order valence-corrected chi connectivity index (χ0v) is 7.17. The number of carboxylic acids is 1. The molecular formula is C9H12F2O2. The molecule has 13 heavy (non-hydrogen) atoms. The Morgan fingerprint density at radius 3 is 2.08 bits per heavy atom. The SMILES string of the molecule is O=C(O)C1C[C@@H]2CC(F)(F)C[C@H]2C1. The normalized spacial score (nSPS) is 37.7. The molecule has 0 heterocycles. The smallest absolute Gasteiger partial charge is 0.306 e. The van der Waals surface area contributed by atoms with E-state index in [1.165, 1.54) is 0 Å². The lowest BCUT2D eigenvalue weighted by atomic mass is 10.0. The van der Waals surface area contributed by atoms with Crippen molar-refractivity contribution in [3.63, 3.8) is 0 Å². The summed E-state index contributed by atoms with van der Waals surface area (Å²) in [5.41, 5.74) is 0. The van der Waals surface area contributed by atoms with Crippen molar-refractivity contribution in [1.82, 2.24) is 0 Å². The van der Waals surface area contributed by atoms with Gasteiger partial charge < -0.3 is 5.11 Å². The number of hydrogen-bond acceptors (Lipinski definition) is 1. The van der Waals surface area contributed by atoms with E-state index in [1.807, 2.05) is 0 Å². The molecule has 2 rings (SSSR count). The van der Waals surface area contributed by atoms with Gasteiger partial charge in [-0.25, -0.2) is 8.78 Å². The second kappa shape index (κ2) is 2.66. The maximum Gasteiger partial charge on any atom is 0.306 e. The van der Waals surface area contributed by atoms with Crippen LogP contribution in [0.1, 0.15) is 25.7 Å². The molecule has 2 saturated carbocycles. The van der Waals surface area contributed by atoms with Gasteiger partial charge in [0.15, 0.2) is 0 Å². The third kappa shape index (κ3) is 1.54. The maximum absolute atomic E-state index is 12.8. The topological polar surface area (TPSA) is 37.3 Å². The lowest BCUT2D eigenvalue weighted by Gasteiger charge is -2.10. The molecule has 0 amide bonds. The van der Waals surface area contributed by atoms with Crippen molar-refractivity contribution >= 4 is 5.97 Å². The number of carboxylic acid groups (broad SMARTS) is 1. The fourth-order valence-corrected chi connectivity index (χ4v) is 2.76. The van der Waals surface area contributed by atoms with E-state index >= 15 is 0 Å². The molecule has 1 N–H and O–H groups in total. The summed E-state index contributed by atoms with van der Waals surface area (Å²) < 4.78 is 25.7. The predicted molar refractivity (Wildman–Crippen MR) is 41.5 cm³/mol. The summed E-state index contributed by atoms with van der Waals surface area (Å²) in [6, 6.07) is 0. The molecule has 2 aliphatic carbocycles. The first kappa shape index (κ1) is 8.91. The summed E-state index contributed by atoms with van der Waals surface area (Å²) in [5.74, 6) is -3.81. The molecule has 2 nitrogen and oxygen atoms in total. The quantitative estimate of drug-likeness (QED) is 0.687. The highest BCUT2D eigenvalue weighted by molar-refractivity contribution is 5.70. The standard InChI is InChI=1S/C9H12F2O2/c10-9(11)3-6-1-5(8(12)13)2-7(6)4-9/h5-7H,1-4H2,(H,12,13)/t6-,7-/m1/s1. The molecular weight excluding hydrogens is 178 g/mol. The van der Waals surface area contributed by atoms with Crippen LogP contribution in [-0.4, -0.2) is 17.0 Å². The maximum atomic E-state index is 12.8. The largest absolute Gasteiger partial charge is 0.481 e. The van der Waals surface area contributed by atoms with Gasteiger partial charge in [0.25, 0.3) is 0 Å². The van der Waals surface area contributed by atoms with Gasteiger partial charge in [-0.15, -0.1) is 0 Å². The number of rotatable bonds is 1. The van der Waals surface area contributed by atoms with E-state index in [4.69, 9.17) is 5.11 Å². The van der Waals surface area contributed by atoms with Gasteiger partial charge in [-0.2, -0.15) is 0 Å². The van der Waals surface area contributed by atoms with Crippen molar-refractivity contribution in [2.24, 2.45) is 17.8 Å². The van der Waals surface area contributed by atoms with Crippen LogP contribution in [0.2, 0.25) is 0 Å². The first-order valence-electron chi connectivity index (χ1n) is 4.58. The van der Waals surface area contributed by atoms with Crippen LogP contribution in [0.25, 0.3) is 0 Å². The van der Waals surface area contributed by atoms with Crippen molar-refractivity contribution in [3.05, 3.63) is 0 Å². The molecule has 0 unspecified atom stereocenters. The summed E-state index contributed by atoms with van der Waals surface area (Å²) in [6.07, 6.45) is 0.716. The van der Waals surface area contributed by atoms with Crippen LogP contribution < -0.4 is 0 Å². The van der Waals surface area contributed by atoms with Gasteiger partial charge in [0.2, 0.25) is 5.92 Å². The van der Waals surface area contributed by atoms with Crippen LogP contribution >= 0.6 is 0 Å². The van der Waals surface area contributed by atoms with Crippen LogP contribution in [0.15, 0.2) is 0 Å². The molecule has 74 valence electrons. The van der Waals surface area contributed by atoms with Crippen molar-refractivity contribution in [2.75, 3.05) is 0 Å². The first-order chi connectivity index (χ1) is 5.98. The van der Waals surface area contributed by atoms with E-state index in [9.17, 15) is 13.6 Å². The number of aliphatic carboxylic acids is 1. The number of carbonyl (C=O) groups is 1. The predicted octanol–water partition coefficient (Wildman–Crippen LogP) is 2.14. The van der Waals surface area contributed by atoms with Crippen molar-refractivity contribution in [1.29, 1.82) is 0 Å². The van der Waals surface area contributed by atoms with E-state index in [-0.39, 0.29) is 30.6 Å². The van der Waals surface area contributed by atoms with E-state index in [1.54, 1.807) is 0 Å². The Bertz CT molecular complexity index is 224. The highest BCUT2D eigenvalue weighted by atomic mass is 19.3. The molecule has 4 heteroatoms. The van der Waals surface area contributed by atoms with Gasteiger partial charge in [0, 0.05) is 12.8 Å². The van der Waals surface area contributed by atoms with Crippen LogP contribution in [-0.2, 0) is 4.79 Å². The van der Waals surface area contributed by atoms with Crippen molar-refractivity contribution < 1.29 is 18.7 Å². The third-order valence-electron chi connectivity index (χ3n) is 3.31. The molecule has 0 bridgehead atoms. The van der Waals surface area contributed by atoms with Gasteiger partial charge in [-0.05, 0) is 24.7 Å². The molecule has 0 aliphatic heterocycles. The number of halogens is 2. The number of fused-ring (bicyclic) bond motifs is 1. The monoisotopic (exact) mass is 190 g/mol. The Morgan fingerprint density at radius 1 is 1.23 bits per heavy atom. The highest BCUT2D eigenvalue weighted by Gasteiger charge is 2.51. The molecule has 0 radical (unpaired) electrons. The minimum Gasteiger partial charge on any atom is -0.481 e. The summed E-state index contributed by atoms with van der Waals surface area (Å²) >= 11 is 0. The van der Waals surface area contributed by atoms with E-state index < -0.39 is 11.9 Å². The lowest BCUT2D eigenvalue weighted by Crippen LogP contribution is -2.15. The van der Waals surface area contributed by atoms with E-state index in [0.717, 1.165) is 0 Å². The van der Waals surface area contributed by atoms with E-state index in [0.29, 0.717) is 12.8 Å². The van der Waals surface area contributed by atoms with Crippen molar-refractivity contribution in [3.8, 4) is 0 Å². The first-order valence-corrected chi connectivity index (χ1v) is 4.58. The van der Waals surface area contributed by atoms with Crippen LogP contribution in [0.3, 0.4) is 0 Å². The summed E-state index contributed by atoms with van der Waals surface area (Å²) in [5, 5.41) is 8.71. The molecule has 0 aromatic rings. The average molecular weight is 190 g/mol. The Hall–Kier alpha value is -0.670. The van der Waals surface area contributed by atoms with Gasteiger partial charge in [-0.3, -0.25) is 4.79 Å². The Labute approximate surface area is 74.9 Å². The molecule has 0 aromatic heterocycles. The summed E-state index contributed by atoms with van der Waals surface area (Å²) in [4.78, 5) is 10.6. The average Bonchev–Trinajstić information content (AvgIpc) is 2.39. The molecule has 2 atom stereocenters. The lowest BCUT2D eigenvalue weighted by molar-refractivity contribution is -0.142. The fourth-order valence-electron chi connectivity index (χ4n) is 2.76. The molecule has 0 spiro atoms. The van der Waals surface area contributed by atoms with Gasteiger partial charge in [-0.1, -0.05) is 0 Å². The molecule has 0 saturated heterocycles. The van der Waals surface area contributed by atoms with Gasteiger partial charge in [0.05, 0.1) is 5.92 Å². The second-order valence-corrected chi connectivity index (χ2v) is 4.29. The Morgan fingerprint density at radius 2 is 1.69 bits per heavy atom. The van der Waals surface area contributed by atoms with Crippen molar-refractivity contribution in [2.45, 2.75) is 31.6 Å². The minimum absolute atomic E-state index is 0.0453. The van der Waals surface area contributed by atoms with Crippen LogP contribution in [0.4, 0.5) is 8.78 Å². The second-order valence-electron chi connectivity index (χ2n) is 4.29. The highest BCUT2D eigenvalue weighted by Crippen LogP contribution is 2.52. The Kier molecular flexibility index (Phi) is 1.82. The number of hydrogen-bond donors (Lipinski definition) is 1. The van der Waals surface area contributed by atoms with Gasteiger partial charge >= 0.3 is 5.97 Å². The Balaban J connectivity index is 2.01. The van der Waals surface area contributed by atoms with Crippen LogP contribution in [0, 0.1) is 17.8 Å². The molecule has 2 aliphatic rings. The minimum atomic E-state index is -2.53. The van der Waals surface area contributed by atoms with E-state index in [2.05, 4.69) is 0 Å². The fraction of sp³-hybridized carbons (Fsp3) is 0.889. The summed E-state index contributed by atoms with van der Waals surface area (Å²) in [7, 11) is 0. The number of alkyl halides is 2. The third-order valence-corrected chi connectivity index (χ3v) is 3.31. The summed E-state index contributed by atoms with van der Waals surface area (Å²) in [6.45, 7) is 0. The van der Waals surface area contributed by atoms with Crippen LogP contribution in [0.5, 0.6) is 0 Å². The molecule has 0 aromatic carbocycles. The van der Waals surface area contributed by atoms with Gasteiger partial charge in [0.1, 0.15) is 0 Å². The zero-order chi connectivity index (χ0) is 9.64. The zero-order valence-electron chi connectivity index (χ0n) is 7.17.